The number of nitrogens with zero attached hydrogens (tertiary/aromatic N) is 4. The molecule has 1 N–H and O–H groups in total. The van der Waals surface area contributed by atoms with Gasteiger partial charge in [-0.25, -0.2) is 19.0 Å². The van der Waals surface area contributed by atoms with E-state index in [0.717, 1.165) is 25.1 Å². The summed E-state index contributed by atoms with van der Waals surface area (Å²) in [5, 5.41) is 2.83. The highest BCUT2D eigenvalue weighted by atomic mass is 19.1. The first-order valence-corrected chi connectivity index (χ1v) is 11.2. The predicted molar refractivity (Wildman–Crippen MR) is 125 cm³/mol. The van der Waals surface area contributed by atoms with E-state index >= 15 is 0 Å². The van der Waals surface area contributed by atoms with Crippen molar-refractivity contribution in [2.24, 2.45) is 7.05 Å². The van der Waals surface area contributed by atoms with E-state index in [2.05, 4.69) is 15.2 Å². The van der Waals surface area contributed by atoms with Crippen LogP contribution in [0.2, 0.25) is 0 Å². The van der Waals surface area contributed by atoms with Crippen LogP contribution in [0, 0.1) is 5.82 Å². The fraction of sp³-hybridized carbons (Fsp3) is 0.458. The van der Waals surface area contributed by atoms with Crippen molar-refractivity contribution in [1.29, 1.82) is 0 Å². The molecule has 8 nitrogen and oxygen atoms in total. The molecule has 1 aliphatic heterocycles. The minimum atomic E-state index is -0.439. The highest BCUT2D eigenvalue weighted by Gasteiger charge is 2.27. The second kappa shape index (κ2) is 8.88. The molecule has 0 spiro atoms. The number of imidazole rings is 1. The molecule has 1 unspecified atom stereocenters. The second-order valence-electron chi connectivity index (χ2n) is 9.51. The first-order chi connectivity index (χ1) is 15.6. The number of carbonyl (C=O) groups is 1. The van der Waals surface area contributed by atoms with Gasteiger partial charge in [0.1, 0.15) is 17.4 Å². The van der Waals surface area contributed by atoms with Crippen LogP contribution in [0.4, 0.5) is 14.9 Å². The van der Waals surface area contributed by atoms with Gasteiger partial charge in [-0.2, -0.15) is 0 Å². The van der Waals surface area contributed by atoms with Crippen molar-refractivity contribution in [2.45, 2.75) is 51.8 Å². The van der Waals surface area contributed by atoms with Crippen LogP contribution in [0.15, 0.2) is 41.3 Å². The summed E-state index contributed by atoms with van der Waals surface area (Å²) in [6.07, 6.45) is 2.55. The number of nitrogens with one attached hydrogen (secondary N) is 1. The van der Waals surface area contributed by atoms with Gasteiger partial charge in [-0.05, 0) is 45.7 Å². The number of aromatic nitrogens is 3. The van der Waals surface area contributed by atoms with Gasteiger partial charge >= 0.3 is 11.8 Å². The highest BCUT2D eigenvalue weighted by Crippen LogP contribution is 2.29. The lowest BCUT2D eigenvalue weighted by atomic mass is 10.1. The average Bonchev–Trinajstić information content (AvgIpc) is 2.99. The Bertz CT molecular complexity index is 1230. The number of halogens is 1. The van der Waals surface area contributed by atoms with E-state index in [0.29, 0.717) is 23.3 Å². The Morgan fingerprint density at radius 2 is 2.03 bits per heavy atom. The number of hydrogen-bond acceptors (Lipinski definition) is 5. The zero-order valence-electron chi connectivity index (χ0n) is 19.5. The SMILES string of the molecule is Cn1c(=O)n(Cc2ccccc2F)c2c(N3CCCC(OC(=O)NC(C)(C)C)C3)ccnc21. The summed E-state index contributed by atoms with van der Waals surface area (Å²) in [4.78, 5) is 31.8. The standard InChI is InChI=1S/C24H30FN5O3/c1-24(2,3)27-22(31)33-17-9-7-13-29(15-17)19-11-12-26-21-20(19)30(23(32)28(21)4)14-16-8-5-6-10-18(16)25/h5-6,8,10-12,17H,7,9,13-15H2,1-4H3,(H,27,31). The third-order valence-corrected chi connectivity index (χ3v) is 5.75. The molecular formula is C24H30FN5O3. The van der Waals surface area contributed by atoms with E-state index in [-0.39, 0.29) is 29.7 Å². The topological polar surface area (TPSA) is 81.4 Å². The Balaban J connectivity index is 1.66. The Morgan fingerprint density at radius 1 is 1.27 bits per heavy atom. The number of pyridine rings is 1. The van der Waals surface area contributed by atoms with Gasteiger partial charge in [0.15, 0.2) is 5.65 Å². The van der Waals surface area contributed by atoms with Crippen molar-refractivity contribution in [3.63, 3.8) is 0 Å². The third-order valence-electron chi connectivity index (χ3n) is 5.75. The Hall–Kier alpha value is -3.36. The molecule has 1 aliphatic rings. The number of carbonyl (C=O) groups excluding carboxylic acids is 1. The van der Waals surface area contributed by atoms with Gasteiger partial charge in [0.25, 0.3) is 0 Å². The molecule has 0 bridgehead atoms. The maximum atomic E-state index is 14.4. The largest absolute Gasteiger partial charge is 0.444 e. The van der Waals surface area contributed by atoms with Gasteiger partial charge < -0.3 is 15.0 Å². The van der Waals surface area contributed by atoms with Crippen LogP contribution >= 0.6 is 0 Å². The molecular weight excluding hydrogens is 425 g/mol. The molecule has 0 radical (unpaired) electrons. The van der Waals surface area contributed by atoms with Gasteiger partial charge in [0.2, 0.25) is 0 Å². The van der Waals surface area contributed by atoms with E-state index in [1.54, 1.807) is 36.0 Å². The summed E-state index contributed by atoms with van der Waals surface area (Å²) < 4.78 is 23.1. The maximum absolute atomic E-state index is 14.4. The molecule has 1 amide bonds. The van der Waals surface area contributed by atoms with Gasteiger partial charge in [-0.1, -0.05) is 18.2 Å². The molecule has 1 saturated heterocycles. The average molecular weight is 456 g/mol. The van der Waals surface area contributed by atoms with Crippen molar-refractivity contribution in [3.05, 3.63) is 58.4 Å². The summed E-state index contributed by atoms with van der Waals surface area (Å²) in [5.41, 5.74) is 1.78. The van der Waals surface area contributed by atoms with Crippen LogP contribution in [0.25, 0.3) is 11.2 Å². The Labute approximate surface area is 192 Å². The van der Waals surface area contributed by atoms with Crippen LogP contribution in [0.3, 0.4) is 0 Å². The molecule has 0 aliphatic carbocycles. The van der Waals surface area contributed by atoms with Crippen LogP contribution in [-0.4, -0.2) is 44.9 Å². The molecule has 0 saturated carbocycles. The summed E-state index contributed by atoms with van der Waals surface area (Å²) in [6, 6.07) is 8.30. The highest BCUT2D eigenvalue weighted by molar-refractivity contribution is 5.87. The predicted octanol–water partition coefficient (Wildman–Crippen LogP) is 3.42. The summed E-state index contributed by atoms with van der Waals surface area (Å²) in [7, 11) is 1.66. The van der Waals surface area contributed by atoms with Crippen molar-refractivity contribution in [3.8, 4) is 0 Å². The van der Waals surface area contributed by atoms with Crippen molar-refractivity contribution in [1.82, 2.24) is 19.4 Å². The minimum Gasteiger partial charge on any atom is -0.444 e. The molecule has 1 aromatic carbocycles. The number of rotatable bonds is 4. The minimum absolute atomic E-state index is 0.100. The molecule has 1 atom stereocenters. The number of aryl methyl sites for hydroxylation is 1. The number of benzene rings is 1. The normalized spacial score (nSPS) is 16.8. The molecule has 1 fully saturated rings. The molecule has 2 aromatic heterocycles. The zero-order chi connectivity index (χ0) is 23.8. The maximum Gasteiger partial charge on any atom is 0.407 e. The van der Waals surface area contributed by atoms with Gasteiger partial charge in [-0.3, -0.25) is 9.13 Å². The van der Waals surface area contributed by atoms with Crippen LogP contribution in [-0.2, 0) is 18.3 Å². The van der Waals surface area contributed by atoms with E-state index in [1.165, 1.54) is 10.6 Å². The van der Waals surface area contributed by atoms with E-state index < -0.39 is 6.09 Å². The monoisotopic (exact) mass is 455 g/mol. The lowest BCUT2D eigenvalue weighted by molar-refractivity contribution is 0.0827. The molecule has 176 valence electrons. The second-order valence-corrected chi connectivity index (χ2v) is 9.51. The fourth-order valence-corrected chi connectivity index (χ4v) is 4.24. The quantitative estimate of drug-likeness (QED) is 0.652. The number of anilines is 1. The lowest BCUT2D eigenvalue weighted by Crippen LogP contribution is -2.46. The van der Waals surface area contributed by atoms with E-state index in [4.69, 9.17) is 4.74 Å². The number of fused-ring (bicyclic) bond motifs is 1. The van der Waals surface area contributed by atoms with Crippen LogP contribution < -0.4 is 15.9 Å². The fourth-order valence-electron chi connectivity index (χ4n) is 4.24. The Morgan fingerprint density at radius 3 is 2.76 bits per heavy atom. The van der Waals surface area contributed by atoms with Gasteiger partial charge in [0.05, 0.1) is 18.8 Å². The molecule has 4 rings (SSSR count). The van der Waals surface area contributed by atoms with Crippen molar-refractivity contribution in [2.75, 3.05) is 18.0 Å². The number of alkyl carbamates (subject to hydrolysis) is 1. The molecule has 33 heavy (non-hydrogen) atoms. The molecule has 3 aromatic rings. The van der Waals surface area contributed by atoms with Crippen LogP contribution in [0.1, 0.15) is 39.2 Å². The Kier molecular flexibility index (Phi) is 6.14. The number of piperidine rings is 1. The van der Waals surface area contributed by atoms with Gasteiger partial charge in [-0.15, -0.1) is 0 Å². The summed E-state index contributed by atoms with van der Waals surface area (Å²) in [6.45, 7) is 7.06. The number of amides is 1. The lowest BCUT2D eigenvalue weighted by Gasteiger charge is -2.34. The third kappa shape index (κ3) is 4.86. The van der Waals surface area contributed by atoms with Crippen molar-refractivity contribution >= 4 is 22.9 Å². The first kappa shape index (κ1) is 22.8. The van der Waals surface area contributed by atoms with E-state index in [9.17, 15) is 14.0 Å². The number of hydrogen-bond donors (Lipinski definition) is 1. The first-order valence-electron chi connectivity index (χ1n) is 11.2. The van der Waals surface area contributed by atoms with Crippen molar-refractivity contribution < 1.29 is 13.9 Å². The molecule has 9 heteroatoms. The summed E-state index contributed by atoms with van der Waals surface area (Å²) in [5.74, 6) is -0.358. The molecule has 3 heterocycles. The van der Waals surface area contributed by atoms with Crippen LogP contribution in [0.5, 0.6) is 0 Å². The van der Waals surface area contributed by atoms with Gasteiger partial charge in [0, 0.05) is 30.9 Å². The zero-order valence-corrected chi connectivity index (χ0v) is 19.5. The number of ether oxygens (including phenoxy) is 1. The smallest absolute Gasteiger partial charge is 0.407 e. The van der Waals surface area contributed by atoms with E-state index in [1.807, 2.05) is 26.8 Å². The summed E-state index contributed by atoms with van der Waals surface area (Å²) >= 11 is 0.